The normalized spacial score (nSPS) is 17.2. The SMILES string of the molecule is O=C(NCc1ccc2c(c1)OCCO2)C1(c2cccc(Cl)c2)CC1. The van der Waals surface area contributed by atoms with E-state index in [0.29, 0.717) is 24.8 Å². The van der Waals surface area contributed by atoms with E-state index in [1.165, 1.54) is 0 Å². The van der Waals surface area contributed by atoms with Gasteiger partial charge in [-0.2, -0.15) is 0 Å². The Morgan fingerprint density at radius 2 is 1.88 bits per heavy atom. The van der Waals surface area contributed by atoms with Gasteiger partial charge in [-0.15, -0.1) is 0 Å². The van der Waals surface area contributed by atoms with Crippen LogP contribution >= 0.6 is 11.6 Å². The predicted molar refractivity (Wildman–Crippen MR) is 91.6 cm³/mol. The minimum Gasteiger partial charge on any atom is -0.486 e. The zero-order valence-corrected chi connectivity index (χ0v) is 13.9. The number of hydrogen-bond acceptors (Lipinski definition) is 3. The summed E-state index contributed by atoms with van der Waals surface area (Å²) in [6.07, 6.45) is 1.72. The van der Waals surface area contributed by atoms with Gasteiger partial charge in [-0.1, -0.05) is 29.8 Å². The molecule has 0 radical (unpaired) electrons. The molecule has 24 heavy (non-hydrogen) atoms. The van der Waals surface area contributed by atoms with Gasteiger partial charge in [-0.3, -0.25) is 4.79 Å². The van der Waals surface area contributed by atoms with Gasteiger partial charge in [-0.05, 0) is 48.2 Å². The van der Waals surface area contributed by atoms with Crippen LogP contribution in [0, 0.1) is 0 Å². The molecule has 4 rings (SSSR count). The first kappa shape index (κ1) is 15.3. The van der Waals surface area contributed by atoms with Crippen molar-refractivity contribution in [2.45, 2.75) is 24.8 Å². The van der Waals surface area contributed by atoms with E-state index in [4.69, 9.17) is 21.1 Å². The largest absolute Gasteiger partial charge is 0.486 e. The molecular weight excluding hydrogens is 326 g/mol. The van der Waals surface area contributed by atoms with Crippen molar-refractivity contribution in [3.8, 4) is 11.5 Å². The Balaban J connectivity index is 1.45. The Bertz CT molecular complexity index is 786. The standard InChI is InChI=1S/C19H18ClNO3/c20-15-3-1-2-14(11-15)19(6-7-19)18(22)21-12-13-4-5-16-17(10-13)24-9-8-23-16/h1-5,10-11H,6-9,12H2,(H,21,22). The molecular formula is C19H18ClNO3. The molecule has 0 aromatic heterocycles. The van der Waals surface area contributed by atoms with Crippen molar-refractivity contribution in [1.29, 1.82) is 0 Å². The van der Waals surface area contributed by atoms with E-state index < -0.39 is 5.41 Å². The van der Waals surface area contributed by atoms with Crippen LogP contribution in [0.4, 0.5) is 0 Å². The topological polar surface area (TPSA) is 47.6 Å². The van der Waals surface area contributed by atoms with Crippen LogP contribution in [0.25, 0.3) is 0 Å². The fourth-order valence-corrected chi connectivity index (χ4v) is 3.30. The monoisotopic (exact) mass is 343 g/mol. The smallest absolute Gasteiger partial charge is 0.230 e. The molecule has 1 saturated carbocycles. The molecule has 1 aliphatic carbocycles. The molecule has 1 fully saturated rings. The lowest BCUT2D eigenvalue weighted by atomic mass is 9.95. The van der Waals surface area contributed by atoms with Crippen molar-refractivity contribution in [2.24, 2.45) is 0 Å². The molecule has 0 atom stereocenters. The highest BCUT2D eigenvalue weighted by Gasteiger charge is 2.51. The molecule has 5 heteroatoms. The lowest BCUT2D eigenvalue weighted by Crippen LogP contribution is -2.34. The van der Waals surface area contributed by atoms with Crippen LogP contribution in [0.5, 0.6) is 11.5 Å². The Kier molecular flexibility index (Phi) is 3.85. The number of halogens is 1. The molecule has 0 saturated heterocycles. The second kappa shape index (κ2) is 6.02. The van der Waals surface area contributed by atoms with Gasteiger partial charge in [0.2, 0.25) is 5.91 Å². The molecule has 1 aliphatic heterocycles. The number of fused-ring (bicyclic) bond motifs is 1. The summed E-state index contributed by atoms with van der Waals surface area (Å²) in [5.74, 6) is 1.55. The summed E-state index contributed by atoms with van der Waals surface area (Å²) in [6, 6.07) is 13.3. The highest BCUT2D eigenvalue weighted by atomic mass is 35.5. The van der Waals surface area contributed by atoms with Gasteiger partial charge in [-0.25, -0.2) is 0 Å². The summed E-state index contributed by atoms with van der Waals surface area (Å²) in [6.45, 7) is 1.60. The number of hydrogen-bond donors (Lipinski definition) is 1. The van der Waals surface area contributed by atoms with E-state index in [9.17, 15) is 4.79 Å². The second-order valence-corrected chi connectivity index (χ2v) is 6.69. The fraction of sp³-hybridized carbons (Fsp3) is 0.316. The highest BCUT2D eigenvalue weighted by molar-refractivity contribution is 6.30. The van der Waals surface area contributed by atoms with Gasteiger partial charge < -0.3 is 14.8 Å². The number of benzene rings is 2. The zero-order valence-electron chi connectivity index (χ0n) is 13.2. The minimum absolute atomic E-state index is 0.0552. The van der Waals surface area contributed by atoms with Gasteiger partial charge in [0.05, 0.1) is 5.41 Å². The molecule has 2 aromatic rings. The average molecular weight is 344 g/mol. The number of carbonyl (C=O) groups excluding carboxylic acids is 1. The Morgan fingerprint density at radius 1 is 1.08 bits per heavy atom. The lowest BCUT2D eigenvalue weighted by Gasteiger charge is -2.19. The van der Waals surface area contributed by atoms with Gasteiger partial charge in [0.1, 0.15) is 13.2 Å². The first-order valence-electron chi connectivity index (χ1n) is 8.10. The number of carbonyl (C=O) groups is 1. The van der Waals surface area contributed by atoms with E-state index in [1.807, 2.05) is 42.5 Å². The van der Waals surface area contributed by atoms with Crippen molar-refractivity contribution < 1.29 is 14.3 Å². The molecule has 1 N–H and O–H groups in total. The van der Waals surface area contributed by atoms with Crippen LogP contribution in [0.15, 0.2) is 42.5 Å². The van der Waals surface area contributed by atoms with Crippen LogP contribution < -0.4 is 14.8 Å². The Hall–Kier alpha value is -2.20. The Morgan fingerprint density at radius 3 is 2.62 bits per heavy atom. The fourth-order valence-electron chi connectivity index (χ4n) is 3.11. The maximum atomic E-state index is 12.7. The maximum Gasteiger partial charge on any atom is 0.230 e. The zero-order chi connectivity index (χ0) is 16.6. The summed E-state index contributed by atoms with van der Waals surface area (Å²) in [5.41, 5.74) is 1.57. The van der Waals surface area contributed by atoms with Crippen molar-refractivity contribution in [3.05, 3.63) is 58.6 Å². The predicted octanol–water partition coefficient (Wildman–Crippen LogP) is 3.46. The van der Waals surface area contributed by atoms with Crippen LogP contribution in [-0.2, 0) is 16.8 Å². The molecule has 4 nitrogen and oxygen atoms in total. The maximum absolute atomic E-state index is 12.7. The Labute approximate surface area is 145 Å². The average Bonchev–Trinajstić information content (AvgIpc) is 3.41. The number of rotatable bonds is 4. The first-order chi connectivity index (χ1) is 11.7. The van der Waals surface area contributed by atoms with E-state index in [-0.39, 0.29) is 5.91 Å². The third-order valence-corrected chi connectivity index (χ3v) is 4.86. The van der Waals surface area contributed by atoms with Gasteiger partial charge >= 0.3 is 0 Å². The third-order valence-electron chi connectivity index (χ3n) is 4.62. The van der Waals surface area contributed by atoms with Crippen LogP contribution in [0.2, 0.25) is 5.02 Å². The van der Waals surface area contributed by atoms with Gasteiger partial charge in [0, 0.05) is 11.6 Å². The molecule has 2 aromatic carbocycles. The molecule has 1 heterocycles. The van der Waals surface area contributed by atoms with Crippen molar-refractivity contribution in [2.75, 3.05) is 13.2 Å². The highest BCUT2D eigenvalue weighted by Crippen LogP contribution is 2.48. The van der Waals surface area contributed by atoms with E-state index in [1.54, 1.807) is 0 Å². The molecule has 124 valence electrons. The third kappa shape index (κ3) is 2.82. The molecule has 0 bridgehead atoms. The van der Waals surface area contributed by atoms with E-state index in [0.717, 1.165) is 35.5 Å². The molecule has 1 amide bonds. The van der Waals surface area contributed by atoms with Crippen molar-refractivity contribution in [1.82, 2.24) is 5.32 Å². The second-order valence-electron chi connectivity index (χ2n) is 6.25. The summed E-state index contributed by atoms with van der Waals surface area (Å²) < 4.78 is 11.1. The summed E-state index contributed by atoms with van der Waals surface area (Å²) in [4.78, 5) is 12.7. The summed E-state index contributed by atoms with van der Waals surface area (Å²) in [7, 11) is 0. The van der Waals surface area contributed by atoms with Crippen LogP contribution in [0.3, 0.4) is 0 Å². The summed E-state index contributed by atoms with van der Waals surface area (Å²) >= 11 is 6.07. The van der Waals surface area contributed by atoms with Crippen molar-refractivity contribution in [3.63, 3.8) is 0 Å². The van der Waals surface area contributed by atoms with Crippen molar-refractivity contribution >= 4 is 17.5 Å². The van der Waals surface area contributed by atoms with Crippen LogP contribution in [0.1, 0.15) is 24.0 Å². The lowest BCUT2D eigenvalue weighted by molar-refractivity contribution is -0.123. The molecule has 0 unspecified atom stereocenters. The first-order valence-corrected chi connectivity index (χ1v) is 8.48. The van der Waals surface area contributed by atoms with E-state index >= 15 is 0 Å². The number of amides is 1. The van der Waals surface area contributed by atoms with Gasteiger partial charge in [0.25, 0.3) is 0 Å². The number of nitrogens with one attached hydrogen (secondary N) is 1. The number of ether oxygens (including phenoxy) is 2. The van der Waals surface area contributed by atoms with Crippen LogP contribution in [-0.4, -0.2) is 19.1 Å². The minimum atomic E-state index is -0.418. The van der Waals surface area contributed by atoms with E-state index in [2.05, 4.69) is 5.32 Å². The molecule has 0 spiro atoms. The van der Waals surface area contributed by atoms with Gasteiger partial charge in [0.15, 0.2) is 11.5 Å². The summed E-state index contributed by atoms with van der Waals surface area (Å²) in [5, 5.41) is 3.71. The molecule has 2 aliphatic rings. The quantitative estimate of drug-likeness (QED) is 0.924.